The molecule has 0 unspecified atom stereocenters. The predicted molar refractivity (Wildman–Crippen MR) is 82.2 cm³/mol. The van der Waals surface area contributed by atoms with Crippen molar-refractivity contribution in [1.29, 1.82) is 0 Å². The Kier molecular flexibility index (Phi) is 3.03. The summed E-state index contributed by atoms with van der Waals surface area (Å²) in [6, 6.07) is 16.8. The summed E-state index contributed by atoms with van der Waals surface area (Å²) in [5.41, 5.74) is 2.48. The third-order valence-electron chi connectivity index (χ3n) is 3.29. The van der Waals surface area contributed by atoms with Gasteiger partial charge in [0.2, 0.25) is 0 Å². The van der Waals surface area contributed by atoms with Crippen molar-refractivity contribution in [3.8, 4) is 11.3 Å². The first-order chi connectivity index (χ1) is 9.65. The van der Waals surface area contributed by atoms with Crippen molar-refractivity contribution in [1.82, 2.24) is 0 Å². The fraction of sp³-hybridized carbons (Fsp3) is 0.118. The zero-order valence-corrected chi connectivity index (χ0v) is 11.5. The van der Waals surface area contributed by atoms with E-state index in [1.807, 2.05) is 67.5 Å². The molecule has 0 spiro atoms. The maximum absolute atomic E-state index is 12.3. The molecule has 0 saturated carbocycles. The smallest absolute Gasteiger partial charge is 0.193 e. The van der Waals surface area contributed by atoms with Crippen LogP contribution in [0.1, 0.15) is 0 Å². The summed E-state index contributed by atoms with van der Waals surface area (Å²) in [5, 5.41) is 0.607. The third-order valence-corrected chi connectivity index (χ3v) is 3.29. The van der Waals surface area contributed by atoms with Crippen LogP contribution < -0.4 is 10.3 Å². The maximum atomic E-state index is 12.3. The van der Waals surface area contributed by atoms with E-state index in [-0.39, 0.29) is 5.43 Å². The molecule has 1 heterocycles. The van der Waals surface area contributed by atoms with Crippen molar-refractivity contribution in [2.45, 2.75) is 0 Å². The van der Waals surface area contributed by atoms with Gasteiger partial charge in [0, 0.05) is 31.4 Å². The zero-order valence-electron chi connectivity index (χ0n) is 11.5. The van der Waals surface area contributed by atoms with Crippen LogP contribution in [0.25, 0.3) is 22.3 Å². The Balaban J connectivity index is 2.21. The Morgan fingerprint density at radius 3 is 2.40 bits per heavy atom. The second-order valence-corrected chi connectivity index (χ2v) is 4.92. The Morgan fingerprint density at radius 1 is 0.950 bits per heavy atom. The van der Waals surface area contributed by atoms with Crippen LogP contribution in [-0.2, 0) is 0 Å². The SMILES string of the molecule is CN(C)c1ccc2oc(-c3ccccc3)cc(=O)c2c1. The van der Waals surface area contributed by atoms with Crippen LogP contribution in [0.4, 0.5) is 5.69 Å². The average molecular weight is 265 g/mol. The van der Waals surface area contributed by atoms with Crippen molar-refractivity contribution in [2.24, 2.45) is 0 Å². The summed E-state index contributed by atoms with van der Waals surface area (Å²) in [7, 11) is 3.89. The van der Waals surface area contributed by atoms with Gasteiger partial charge in [0.15, 0.2) is 5.43 Å². The molecule has 3 nitrogen and oxygen atoms in total. The van der Waals surface area contributed by atoms with Gasteiger partial charge >= 0.3 is 0 Å². The first-order valence-corrected chi connectivity index (χ1v) is 6.46. The molecule has 0 saturated heterocycles. The lowest BCUT2D eigenvalue weighted by molar-refractivity contribution is 0.619. The van der Waals surface area contributed by atoms with Crippen molar-refractivity contribution < 1.29 is 4.42 Å². The van der Waals surface area contributed by atoms with Crippen LogP contribution in [0.5, 0.6) is 0 Å². The predicted octanol–water partition coefficient (Wildman–Crippen LogP) is 3.53. The largest absolute Gasteiger partial charge is 0.456 e. The molecule has 20 heavy (non-hydrogen) atoms. The highest BCUT2D eigenvalue weighted by molar-refractivity contribution is 5.82. The summed E-state index contributed by atoms with van der Waals surface area (Å²) in [5.74, 6) is 0.598. The standard InChI is InChI=1S/C17H15NO2/c1-18(2)13-8-9-16-14(10-13)15(19)11-17(20-16)12-6-4-3-5-7-12/h3-11H,1-2H3. The number of nitrogens with zero attached hydrogens (tertiary/aromatic N) is 1. The molecule has 3 heteroatoms. The molecule has 0 bridgehead atoms. The Hall–Kier alpha value is -2.55. The average Bonchev–Trinajstić information content (AvgIpc) is 2.47. The molecule has 0 aliphatic heterocycles. The molecule has 100 valence electrons. The van der Waals surface area contributed by atoms with Gasteiger partial charge in [-0.2, -0.15) is 0 Å². The first-order valence-electron chi connectivity index (χ1n) is 6.46. The minimum Gasteiger partial charge on any atom is -0.456 e. The van der Waals surface area contributed by atoms with E-state index in [4.69, 9.17) is 4.42 Å². The fourth-order valence-electron chi connectivity index (χ4n) is 2.17. The van der Waals surface area contributed by atoms with E-state index in [9.17, 15) is 4.79 Å². The van der Waals surface area contributed by atoms with E-state index in [1.165, 1.54) is 0 Å². The van der Waals surface area contributed by atoms with Crippen LogP contribution in [-0.4, -0.2) is 14.1 Å². The van der Waals surface area contributed by atoms with Crippen LogP contribution in [0.15, 0.2) is 63.8 Å². The molecule has 0 aliphatic carbocycles. The molecular weight excluding hydrogens is 250 g/mol. The molecule has 3 rings (SSSR count). The lowest BCUT2D eigenvalue weighted by Crippen LogP contribution is -2.09. The topological polar surface area (TPSA) is 33.5 Å². The molecule has 0 fully saturated rings. The number of hydrogen-bond donors (Lipinski definition) is 0. The number of hydrogen-bond acceptors (Lipinski definition) is 3. The Morgan fingerprint density at radius 2 is 1.70 bits per heavy atom. The quantitative estimate of drug-likeness (QED) is 0.710. The zero-order chi connectivity index (χ0) is 14.1. The summed E-state index contributed by atoms with van der Waals surface area (Å²) in [6.07, 6.45) is 0. The maximum Gasteiger partial charge on any atom is 0.193 e. The number of rotatable bonds is 2. The van der Waals surface area contributed by atoms with Gasteiger partial charge < -0.3 is 9.32 Å². The van der Waals surface area contributed by atoms with E-state index >= 15 is 0 Å². The molecule has 0 radical (unpaired) electrons. The van der Waals surface area contributed by atoms with Gasteiger partial charge in [0.05, 0.1) is 5.39 Å². The van der Waals surface area contributed by atoms with E-state index < -0.39 is 0 Å². The lowest BCUT2D eigenvalue weighted by atomic mass is 10.1. The van der Waals surface area contributed by atoms with Crippen LogP contribution in [0, 0.1) is 0 Å². The summed E-state index contributed by atoms with van der Waals surface area (Å²) >= 11 is 0. The van der Waals surface area contributed by atoms with Crippen molar-refractivity contribution in [3.05, 3.63) is 64.8 Å². The second kappa shape index (κ2) is 4.85. The molecule has 2 aromatic carbocycles. The van der Waals surface area contributed by atoms with Gasteiger partial charge in [-0.05, 0) is 18.2 Å². The van der Waals surface area contributed by atoms with Gasteiger partial charge in [-0.25, -0.2) is 0 Å². The minimum atomic E-state index is -0.0196. The summed E-state index contributed by atoms with van der Waals surface area (Å²) in [4.78, 5) is 14.2. The molecule has 3 aromatic rings. The van der Waals surface area contributed by atoms with Crippen molar-refractivity contribution in [3.63, 3.8) is 0 Å². The Labute approximate surface area is 117 Å². The lowest BCUT2D eigenvalue weighted by Gasteiger charge is -2.12. The van der Waals surface area contributed by atoms with Gasteiger partial charge in [-0.3, -0.25) is 4.79 Å². The number of fused-ring (bicyclic) bond motifs is 1. The van der Waals surface area contributed by atoms with E-state index in [0.717, 1.165) is 11.3 Å². The number of anilines is 1. The highest BCUT2D eigenvalue weighted by atomic mass is 16.3. The molecule has 1 aromatic heterocycles. The molecule has 0 atom stereocenters. The molecule has 0 amide bonds. The van der Waals surface area contributed by atoms with E-state index in [0.29, 0.717) is 16.7 Å². The van der Waals surface area contributed by atoms with Gasteiger partial charge in [0.25, 0.3) is 0 Å². The molecule has 0 N–H and O–H groups in total. The van der Waals surface area contributed by atoms with Gasteiger partial charge in [-0.15, -0.1) is 0 Å². The number of benzene rings is 2. The second-order valence-electron chi connectivity index (χ2n) is 4.92. The van der Waals surface area contributed by atoms with Crippen LogP contribution >= 0.6 is 0 Å². The van der Waals surface area contributed by atoms with Gasteiger partial charge in [-0.1, -0.05) is 30.3 Å². The molecule has 0 aliphatic rings. The van der Waals surface area contributed by atoms with Gasteiger partial charge in [0.1, 0.15) is 11.3 Å². The molecular formula is C17H15NO2. The van der Waals surface area contributed by atoms with Crippen molar-refractivity contribution in [2.75, 3.05) is 19.0 Å². The van der Waals surface area contributed by atoms with Crippen LogP contribution in [0.3, 0.4) is 0 Å². The van der Waals surface area contributed by atoms with E-state index in [1.54, 1.807) is 6.07 Å². The van der Waals surface area contributed by atoms with Crippen LogP contribution in [0.2, 0.25) is 0 Å². The fourth-order valence-corrected chi connectivity index (χ4v) is 2.17. The van der Waals surface area contributed by atoms with Crippen molar-refractivity contribution >= 4 is 16.7 Å². The highest BCUT2D eigenvalue weighted by Gasteiger charge is 2.08. The highest BCUT2D eigenvalue weighted by Crippen LogP contribution is 2.24. The first kappa shape index (κ1) is 12.5. The monoisotopic (exact) mass is 265 g/mol. The normalized spacial score (nSPS) is 10.7. The summed E-state index contributed by atoms with van der Waals surface area (Å²) in [6.45, 7) is 0. The Bertz CT molecular complexity index is 804. The third kappa shape index (κ3) is 2.18. The van der Waals surface area contributed by atoms with E-state index in [2.05, 4.69) is 0 Å². The minimum absolute atomic E-state index is 0.0196. The summed E-state index contributed by atoms with van der Waals surface area (Å²) < 4.78 is 5.84.